The fourth-order valence-electron chi connectivity index (χ4n) is 2.90. The first-order chi connectivity index (χ1) is 14.9. The first-order valence-electron chi connectivity index (χ1n) is 10.1. The van der Waals surface area contributed by atoms with Crippen molar-refractivity contribution in [2.24, 2.45) is 0 Å². The maximum atomic E-state index is 12.8. The number of halogens is 1. The molecular weight excluding hydrogens is 447 g/mol. The molecule has 9 nitrogen and oxygen atoms in total. The molecular formula is C19H25FN4O5S2. The van der Waals surface area contributed by atoms with E-state index in [0.29, 0.717) is 11.3 Å². The third kappa shape index (κ3) is 5.67. The maximum Gasteiger partial charge on any atom is 0.360 e. The van der Waals surface area contributed by atoms with Gasteiger partial charge in [0.05, 0.1) is 13.3 Å². The van der Waals surface area contributed by atoms with E-state index in [0.717, 1.165) is 43.9 Å². The number of nitrogens with one attached hydrogen (secondary N) is 1. The molecule has 1 amide bonds. The van der Waals surface area contributed by atoms with Gasteiger partial charge in [-0.15, -0.1) is 9.78 Å². The third-order valence-corrected chi connectivity index (χ3v) is 6.81. The van der Waals surface area contributed by atoms with Crippen LogP contribution >= 0.6 is 11.8 Å². The Morgan fingerprint density at radius 1 is 1.32 bits per heavy atom. The van der Waals surface area contributed by atoms with Crippen LogP contribution in [0.25, 0.3) is 0 Å². The van der Waals surface area contributed by atoms with E-state index >= 15 is 0 Å². The third-order valence-electron chi connectivity index (χ3n) is 4.56. The predicted octanol–water partition coefficient (Wildman–Crippen LogP) is 2.96. The highest BCUT2D eigenvalue weighted by Gasteiger charge is 2.32. The zero-order valence-electron chi connectivity index (χ0n) is 17.1. The SMILES string of the molecule is CCCCCOc1ccccc1S(=O)(=O)NC(=O)n1nc(SCCF)n(C2CC2)c1=O. The number of ether oxygens (including phenoxy) is 1. The molecule has 0 atom stereocenters. The van der Waals surface area contributed by atoms with Crippen molar-refractivity contribution in [3.63, 3.8) is 0 Å². The molecule has 1 heterocycles. The largest absolute Gasteiger partial charge is 0.492 e. The number of benzene rings is 1. The second-order valence-corrected chi connectivity index (χ2v) is 9.74. The molecule has 0 saturated heterocycles. The Morgan fingerprint density at radius 2 is 2.06 bits per heavy atom. The van der Waals surface area contributed by atoms with Gasteiger partial charge in [-0.25, -0.2) is 22.7 Å². The maximum absolute atomic E-state index is 12.8. The molecule has 1 fully saturated rings. The monoisotopic (exact) mass is 472 g/mol. The molecule has 0 radical (unpaired) electrons. The van der Waals surface area contributed by atoms with Crippen molar-refractivity contribution in [1.82, 2.24) is 19.1 Å². The number of sulfonamides is 1. The van der Waals surface area contributed by atoms with Gasteiger partial charge in [0.25, 0.3) is 10.0 Å². The summed E-state index contributed by atoms with van der Waals surface area (Å²) in [5.74, 6) is 0.195. The first kappa shape index (κ1) is 23.3. The Labute approximate surface area is 184 Å². The molecule has 1 aromatic heterocycles. The average Bonchev–Trinajstić information content (AvgIpc) is 3.52. The van der Waals surface area contributed by atoms with Gasteiger partial charge < -0.3 is 4.74 Å². The van der Waals surface area contributed by atoms with Crippen LogP contribution in [-0.2, 0) is 10.0 Å². The number of aromatic nitrogens is 3. The quantitative estimate of drug-likeness (QED) is 0.395. The number of amides is 1. The molecule has 0 aliphatic heterocycles. The number of nitrogens with zero attached hydrogens (tertiary/aromatic N) is 3. The second-order valence-electron chi connectivity index (χ2n) is 7.03. The number of rotatable bonds is 11. The number of para-hydroxylation sites is 1. The van der Waals surface area contributed by atoms with Crippen LogP contribution in [0.4, 0.5) is 9.18 Å². The van der Waals surface area contributed by atoms with Crippen molar-refractivity contribution >= 4 is 27.8 Å². The minimum absolute atomic E-state index is 0.0752. The van der Waals surface area contributed by atoms with Crippen LogP contribution in [0.3, 0.4) is 0 Å². The summed E-state index contributed by atoms with van der Waals surface area (Å²) in [6.07, 6.45) is 4.20. The molecule has 2 aromatic rings. The fourth-order valence-corrected chi connectivity index (χ4v) is 4.75. The Hall–Kier alpha value is -2.34. The highest BCUT2D eigenvalue weighted by atomic mass is 32.2. The molecule has 1 aliphatic rings. The molecule has 3 rings (SSSR count). The molecule has 12 heteroatoms. The van der Waals surface area contributed by atoms with E-state index in [1.807, 2.05) is 11.6 Å². The fraction of sp³-hybridized carbons (Fsp3) is 0.526. The summed E-state index contributed by atoms with van der Waals surface area (Å²) in [6, 6.07) is 4.66. The lowest BCUT2D eigenvalue weighted by atomic mass is 10.3. The van der Waals surface area contributed by atoms with Gasteiger partial charge in [0.15, 0.2) is 5.16 Å². The predicted molar refractivity (Wildman–Crippen MR) is 114 cm³/mol. The Balaban J connectivity index is 1.81. The van der Waals surface area contributed by atoms with Crippen LogP contribution in [0.1, 0.15) is 45.1 Å². The average molecular weight is 473 g/mol. The zero-order valence-corrected chi connectivity index (χ0v) is 18.8. The first-order valence-corrected chi connectivity index (χ1v) is 12.5. The summed E-state index contributed by atoms with van der Waals surface area (Å²) < 4.78 is 47.5. The standard InChI is InChI=1S/C19H25FN4O5S2/c1-2-3-6-12-29-15-7-4-5-8-16(15)31(27,28)22-17(25)24-19(26)23(14-9-10-14)18(21-24)30-13-11-20/h4-5,7-8,14H,2-3,6,9-13H2,1H3,(H,22,25). The topological polar surface area (TPSA) is 112 Å². The summed E-state index contributed by atoms with van der Waals surface area (Å²) in [7, 11) is -4.32. The van der Waals surface area contributed by atoms with E-state index in [2.05, 4.69) is 5.10 Å². The second kappa shape index (κ2) is 10.3. The number of hydrogen-bond donors (Lipinski definition) is 1. The van der Waals surface area contributed by atoms with Crippen molar-refractivity contribution in [2.45, 2.75) is 55.1 Å². The summed E-state index contributed by atoms with van der Waals surface area (Å²) in [4.78, 5) is 25.1. The Bertz CT molecular complexity index is 1080. The molecule has 1 aliphatic carbocycles. The van der Waals surface area contributed by atoms with Gasteiger partial charge in [-0.3, -0.25) is 8.96 Å². The number of thioether (sulfide) groups is 1. The summed E-state index contributed by atoms with van der Waals surface area (Å²) in [6.45, 7) is 1.77. The van der Waals surface area contributed by atoms with Crippen molar-refractivity contribution in [3.8, 4) is 5.75 Å². The van der Waals surface area contributed by atoms with Gasteiger partial charge in [0.2, 0.25) is 0 Å². The molecule has 1 N–H and O–H groups in total. The van der Waals surface area contributed by atoms with Crippen molar-refractivity contribution in [3.05, 3.63) is 34.7 Å². The number of hydrogen-bond acceptors (Lipinski definition) is 7. The van der Waals surface area contributed by atoms with Gasteiger partial charge in [-0.1, -0.05) is 43.7 Å². The zero-order chi connectivity index (χ0) is 22.4. The van der Waals surface area contributed by atoms with Gasteiger partial charge in [0, 0.05) is 11.8 Å². The van der Waals surface area contributed by atoms with Gasteiger partial charge in [-0.05, 0) is 31.4 Å². The van der Waals surface area contributed by atoms with Crippen LogP contribution < -0.4 is 15.1 Å². The van der Waals surface area contributed by atoms with E-state index in [-0.39, 0.29) is 27.6 Å². The minimum Gasteiger partial charge on any atom is -0.492 e. The van der Waals surface area contributed by atoms with E-state index in [1.54, 1.807) is 6.07 Å². The number of alkyl halides is 1. The highest BCUT2D eigenvalue weighted by molar-refractivity contribution is 7.99. The smallest absolute Gasteiger partial charge is 0.360 e. The Morgan fingerprint density at radius 3 is 2.74 bits per heavy atom. The van der Waals surface area contributed by atoms with Crippen molar-refractivity contribution < 1.29 is 22.3 Å². The van der Waals surface area contributed by atoms with Crippen LogP contribution in [0, 0.1) is 0 Å². The van der Waals surface area contributed by atoms with E-state index < -0.39 is 28.4 Å². The summed E-state index contributed by atoms with van der Waals surface area (Å²) in [5, 5.41) is 4.13. The molecule has 0 spiro atoms. The molecule has 170 valence electrons. The molecule has 31 heavy (non-hydrogen) atoms. The van der Waals surface area contributed by atoms with E-state index in [1.165, 1.54) is 22.8 Å². The lowest BCUT2D eigenvalue weighted by molar-refractivity contribution is 0.243. The summed E-state index contributed by atoms with van der Waals surface area (Å²) >= 11 is 1.00. The van der Waals surface area contributed by atoms with Crippen LogP contribution in [0.5, 0.6) is 5.75 Å². The van der Waals surface area contributed by atoms with Crippen molar-refractivity contribution in [1.29, 1.82) is 0 Å². The van der Waals surface area contributed by atoms with E-state index in [9.17, 15) is 22.4 Å². The van der Waals surface area contributed by atoms with E-state index in [4.69, 9.17) is 4.74 Å². The number of carbonyl (C=O) groups excluding carboxylic acids is 1. The van der Waals surface area contributed by atoms with Crippen LogP contribution in [0.2, 0.25) is 0 Å². The minimum atomic E-state index is -4.32. The number of unbranched alkanes of at least 4 members (excludes halogenated alkanes) is 2. The van der Waals surface area contributed by atoms with Gasteiger partial charge in [0.1, 0.15) is 10.6 Å². The molecule has 1 aromatic carbocycles. The number of carbonyl (C=O) groups is 1. The summed E-state index contributed by atoms with van der Waals surface area (Å²) in [5.41, 5.74) is -0.749. The normalized spacial score (nSPS) is 13.9. The van der Waals surface area contributed by atoms with Crippen LogP contribution in [-0.4, -0.2) is 47.8 Å². The highest BCUT2D eigenvalue weighted by Crippen LogP contribution is 2.36. The van der Waals surface area contributed by atoms with Gasteiger partial charge >= 0.3 is 11.7 Å². The lowest BCUT2D eigenvalue weighted by Gasteiger charge is -2.12. The molecule has 1 saturated carbocycles. The van der Waals surface area contributed by atoms with Crippen molar-refractivity contribution in [2.75, 3.05) is 19.0 Å². The van der Waals surface area contributed by atoms with Gasteiger partial charge in [-0.2, -0.15) is 0 Å². The van der Waals surface area contributed by atoms with Crippen LogP contribution in [0.15, 0.2) is 39.1 Å². The Kier molecular flexibility index (Phi) is 7.76. The molecule has 0 unspecified atom stereocenters. The lowest BCUT2D eigenvalue weighted by Crippen LogP contribution is -2.40. The molecule has 0 bridgehead atoms.